The molecule has 2 nitrogen and oxygen atoms in total. The van der Waals surface area contributed by atoms with E-state index in [1.54, 1.807) is 6.07 Å². The number of rotatable bonds is 3. The number of nitrogens with zero attached hydrogens (tertiary/aromatic N) is 1. The Hall–Kier alpha value is -1.09. The summed E-state index contributed by atoms with van der Waals surface area (Å²) in [6.07, 6.45) is 3.27. The maximum absolute atomic E-state index is 13.9. The van der Waals surface area contributed by atoms with Gasteiger partial charge in [0.15, 0.2) is 0 Å². The molecule has 0 radical (unpaired) electrons. The summed E-state index contributed by atoms with van der Waals surface area (Å²) >= 11 is 0. The van der Waals surface area contributed by atoms with Gasteiger partial charge in [0.25, 0.3) is 0 Å². The molecule has 3 heteroatoms. The van der Waals surface area contributed by atoms with Crippen molar-refractivity contribution in [3.8, 4) is 0 Å². The average molecular weight is 250 g/mol. The predicted molar refractivity (Wildman–Crippen MR) is 74.2 cm³/mol. The average Bonchev–Trinajstić information content (AvgIpc) is 2.30. The summed E-state index contributed by atoms with van der Waals surface area (Å²) in [5.41, 5.74) is 6.37. The molecule has 2 rings (SSSR count). The van der Waals surface area contributed by atoms with Gasteiger partial charge >= 0.3 is 0 Å². The minimum absolute atomic E-state index is 0.000278. The third-order valence-corrected chi connectivity index (χ3v) is 4.00. The summed E-state index contributed by atoms with van der Waals surface area (Å²) in [4.78, 5) is 2.20. The van der Waals surface area contributed by atoms with Gasteiger partial charge in [0.2, 0.25) is 0 Å². The van der Waals surface area contributed by atoms with Crippen molar-refractivity contribution >= 4 is 5.69 Å². The van der Waals surface area contributed by atoms with Gasteiger partial charge in [-0.1, -0.05) is 12.1 Å². The van der Waals surface area contributed by atoms with Crippen LogP contribution in [-0.2, 0) is 0 Å². The number of hydrogen-bond donors (Lipinski definition) is 1. The van der Waals surface area contributed by atoms with Crippen molar-refractivity contribution < 1.29 is 4.39 Å². The van der Waals surface area contributed by atoms with E-state index in [0.29, 0.717) is 5.92 Å². The Labute approximate surface area is 109 Å². The van der Waals surface area contributed by atoms with Gasteiger partial charge in [0, 0.05) is 12.1 Å². The number of anilines is 1. The molecule has 0 aromatic heterocycles. The third kappa shape index (κ3) is 2.66. The van der Waals surface area contributed by atoms with E-state index in [1.807, 2.05) is 12.1 Å². The van der Waals surface area contributed by atoms with E-state index in [0.717, 1.165) is 38.0 Å². The Morgan fingerprint density at radius 2 is 2.11 bits per heavy atom. The summed E-state index contributed by atoms with van der Waals surface area (Å²) < 4.78 is 13.9. The summed E-state index contributed by atoms with van der Waals surface area (Å²) in [5, 5.41) is 0. The van der Waals surface area contributed by atoms with Gasteiger partial charge in [-0.05, 0) is 57.7 Å². The van der Waals surface area contributed by atoms with Crippen LogP contribution in [0.4, 0.5) is 10.1 Å². The highest BCUT2D eigenvalue weighted by Crippen LogP contribution is 2.37. The highest BCUT2D eigenvalue weighted by molar-refractivity contribution is 5.50. The van der Waals surface area contributed by atoms with Crippen LogP contribution in [0.5, 0.6) is 0 Å². The summed E-state index contributed by atoms with van der Waals surface area (Å²) in [7, 11) is 0. The maximum Gasteiger partial charge on any atom is 0.146 e. The molecule has 2 N–H and O–H groups in total. The van der Waals surface area contributed by atoms with Crippen LogP contribution in [-0.4, -0.2) is 18.6 Å². The van der Waals surface area contributed by atoms with Crippen LogP contribution in [0.2, 0.25) is 0 Å². The Morgan fingerprint density at radius 1 is 1.39 bits per heavy atom. The molecule has 1 unspecified atom stereocenters. The number of halogens is 1. The molecule has 0 bridgehead atoms. The highest BCUT2D eigenvalue weighted by Gasteiger charge is 2.35. The minimum Gasteiger partial charge on any atom is -0.364 e. The van der Waals surface area contributed by atoms with Crippen molar-refractivity contribution in [2.24, 2.45) is 11.7 Å². The van der Waals surface area contributed by atoms with E-state index in [1.165, 1.54) is 6.07 Å². The minimum atomic E-state index is -0.122. The van der Waals surface area contributed by atoms with Crippen molar-refractivity contribution in [2.75, 3.05) is 18.0 Å². The normalized spacial score (nSPS) is 23.1. The largest absolute Gasteiger partial charge is 0.364 e. The molecule has 1 aromatic carbocycles. The van der Waals surface area contributed by atoms with E-state index in [2.05, 4.69) is 18.7 Å². The molecule has 100 valence electrons. The van der Waals surface area contributed by atoms with Gasteiger partial charge in [-0.2, -0.15) is 0 Å². The van der Waals surface area contributed by atoms with Gasteiger partial charge in [0.05, 0.1) is 5.69 Å². The lowest BCUT2D eigenvalue weighted by atomic mass is 9.80. The third-order valence-electron chi connectivity index (χ3n) is 4.00. The van der Waals surface area contributed by atoms with Crippen LogP contribution in [0, 0.1) is 11.7 Å². The van der Waals surface area contributed by atoms with Crippen molar-refractivity contribution in [1.82, 2.24) is 0 Å². The van der Waals surface area contributed by atoms with E-state index >= 15 is 0 Å². The second-order valence-electron chi connectivity index (χ2n) is 5.85. The van der Waals surface area contributed by atoms with E-state index < -0.39 is 0 Å². The highest BCUT2D eigenvalue weighted by atomic mass is 19.1. The molecule has 1 aliphatic rings. The Bertz CT molecular complexity index is 403. The zero-order valence-corrected chi connectivity index (χ0v) is 11.3. The van der Waals surface area contributed by atoms with Gasteiger partial charge in [-0.15, -0.1) is 0 Å². The number of nitrogens with two attached hydrogens (primary N) is 1. The predicted octanol–water partition coefficient (Wildman–Crippen LogP) is 3.17. The number of benzene rings is 1. The number of hydrogen-bond acceptors (Lipinski definition) is 2. The molecular weight excluding hydrogens is 227 g/mol. The van der Waals surface area contributed by atoms with Crippen molar-refractivity contribution in [2.45, 2.75) is 38.6 Å². The van der Waals surface area contributed by atoms with Crippen molar-refractivity contribution in [3.05, 3.63) is 30.1 Å². The first-order chi connectivity index (χ1) is 8.54. The maximum atomic E-state index is 13.9. The smallest absolute Gasteiger partial charge is 0.146 e. The molecular formula is C15H23FN2. The molecule has 0 aliphatic carbocycles. The van der Waals surface area contributed by atoms with Crippen LogP contribution in [0.3, 0.4) is 0 Å². The molecule has 18 heavy (non-hydrogen) atoms. The molecule has 1 atom stereocenters. The summed E-state index contributed by atoms with van der Waals surface area (Å²) in [6, 6.07) is 7.06. The fraction of sp³-hybridized carbons (Fsp3) is 0.600. The topological polar surface area (TPSA) is 29.3 Å². The lowest BCUT2D eigenvalue weighted by Gasteiger charge is -2.47. The van der Waals surface area contributed by atoms with Crippen LogP contribution in [0.25, 0.3) is 0 Å². The van der Waals surface area contributed by atoms with Gasteiger partial charge in [-0.3, -0.25) is 0 Å². The lowest BCUT2D eigenvalue weighted by molar-refractivity contribution is 0.263. The van der Waals surface area contributed by atoms with E-state index in [-0.39, 0.29) is 11.4 Å². The zero-order valence-electron chi connectivity index (χ0n) is 11.3. The molecule has 0 amide bonds. The fourth-order valence-corrected chi connectivity index (χ4v) is 3.13. The first-order valence-electron chi connectivity index (χ1n) is 6.77. The van der Waals surface area contributed by atoms with Gasteiger partial charge in [-0.25, -0.2) is 4.39 Å². The van der Waals surface area contributed by atoms with Crippen molar-refractivity contribution in [3.63, 3.8) is 0 Å². The van der Waals surface area contributed by atoms with Gasteiger partial charge < -0.3 is 10.6 Å². The van der Waals surface area contributed by atoms with Crippen LogP contribution in [0.1, 0.15) is 33.1 Å². The Kier molecular flexibility index (Phi) is 3.91. The first kappa shape index (κ1) is 13.3. The SMILES string of the molecule is CC1(C)CC(CCN)CCN1c1ccccc1F. The molecule has 1 aliphatic heterocycles. The molecule has 1 heterocycles. The second-order valence-corrected chi connectivity index (χ2v) is 5.85. The zero-order chi connectivity index (χ0) is 13.2. The number of piperidine rings is 1. The molecule has 1 saturated heterocycles. The van der Waals surface area contributed by atoms with E-state index in [4.69, 9.17) is 5.73 Å². The lowest BCUT2D eigenvalue weighted by Crippen LogP contribution is -2.50. The number of para-hydroxylation sites is 1. The Morgan fingerprint density at radius 3 is 2.72 bits per heavy atom. The molecule has 1 aromatic rings. The standard InChI is InChI=1S/C15H23FN2/c1-15(2)11-12(7-9-17)8-10-18(15)14-6-4-3-5-13(14)16/h3-6,12H,7-11,17H2,1-2H3. The van der Waals surface area contributed by atoms with E-state index in [9.17, 15) is 4.39 Å². The molecule has 1 fully saturated rings. The first-order valence-corrected chi connectivity index (χ1v) is 6.77. The summed E-state index contributed by atoms with van der Waals surface area (Å²) in [6.45, 7) is 6.06. The Balaban J connectivity index is 2.18. The summed E-state index contributed by atoms with van der Waals surface area (Å²) in [5.74, 6) is 0.552. The monoisotopic (exact) mass is 250 g/mol. The molecule has 0 saturated carbocycles. The fourth-order valence-electron chi connectivity index (χ4n) is 3.13. The quantitative estimate of drug-likeness (QED) is 0.892. The van der Waals surface area contributed by atoms with Crippen LogP contribution < -0.4 is 10.6 Å². The van der Waals surface area contributed by atoms with Crippen molar-refractivity contribution in [1.29, 1.82) is 0 Å². The van der Waals surface area contributed by atoms with Crippen LogP contribution in [0.15, 0.2) is 24.3 Å². The van der Waals surface area contributed by atoms with Gasteiger partial charge in [0.1, 0.15) is 5.82 Å². The molecule has 0 spiro atoms. The second kappa shape index (κ2) is 5.27. The van der Waals surface area contributed by atoms with Crippen LogP contribution >= 0.6 is 0 Å².